The second kappa shape index (κ2) is 7.90. The van der Waals surface area contributed by atoms with Crippen LogP contribution in [0.5, 0.6) is 5.75 Å². The van der Waals surface area contributed by atoms with Crippen LogP contribution in [0.1, 0.15) is 10.4 Å². The monoisotopic (exact) mass is 340 g/mol. The van der Waals surface area contributed by atoms with Gasteiger partial charge >= 0.3 is 0 Å². The van der Waals surface area contributed by atoms with Crippen molar-refractivity contribution in [3.05, 3.63) is 54.1 Å². The number of nitrogens with one attached hydrogen (secondary N) is 1. The molecule has 1 amide bonds. The van der Waals surface area contributed by atoms with E-state index < -0.39 is 5.91 Å². The fraction of sp³-hybridized carbons (Fsp3) is 0.316. The molecule has 0 radical (unpaired) electrons. The number of carbonyl (C=O) groups excluding carboxylic acids is 1. The molecule has 0 atom stereocenters. The first-order valence-electron chi connectivity index (χ1n) is 8.53. The van der Waals surface area contributed by atoms with Gasteiger partial charge in [-0.3, -0.25) is 9.69 Å². The zero-order valence-corrected chi connectivity index (χ0v) is 14.2. The van der Waals surface area contributed by atoms with Gasteiger partial charge in [-0.2, -0.15) is 0 Å². The number of piperazine rings is 1. The summed E-state index contributed by atoms with van der Waals surface area (Å²) >= 11 is 0. The average Bonchev–Trinajstić information content (AvgIpc) is 2.64. The van der Waals surface area contributed by atoms with Crippen molar-refractivity contribution < 1.29 is 9.90 Å². The van der Waals surface area contributed by atoms with E-state index >= 15 is 0 Å². The van der Waals surface area contributed by atoms with Gasteiger partial charge in [-0.05, 0) is 24.3 Å². The standard InChI is InChI=1S/C19H24N4O2/c20-19(25)16-7-4-8-17(24)18(16)21-9-10-22-11-13-23(14-12-22)15-5-2-1-3-6-15/h1-8,21,24H,9-14H2,(H2,20,25). The number of hydrogen-bond donors (Lipinski definition) is 3. The molecule has 0 spiro atoms. The van der Waals surface area contributed by atoms with Crippen LogP contribution in [0.2, 0.25) is 0 Å². The minimum Gasteiger partial charge on any atom is -0.506 e. The van der Waals surface area contributed by atoms with Crippen molar-refractivity contribution in [3.8, 4) is 5.75 Å². The largest absolute Gasteiger partial charge is 0.506 e. The number of amides is 1. The van der Waals surface area contributed by atoms with E-state index in [4.69, 9.17) is 5.73 Å². The molecule has 0 aliphatic carbocycles. The molecule has 6 nitrogen and oxygen atoms in total. The molecule has 132 valence electrons. The van der Waals surface area contributed by atoms with Gasteiger partial charge < -0.3 is 21.1 Å². The normalized spacial score (nSPS) is 15.1. The molecule has 1 fully saturated rings. The summed E-state index contributed by atoms with van der Waals surface area (Å²) < 4.78 is 0. The van der Waals surface area contributed by atoms with Crippen molar-refractivity contribution in [1.82, 2.24) is 4.90 Å². The van der Waals surface area contributed by atoms with Crippen LogP contribution in [0.25, 0.3) is 0 Å². The minimum absolute atomic E-state index is 0.0465. The van der Waals surface area contributed by atoms with Crippen LogP contribution in [0.4, 0.5) is 11.4 Å². The maximum absolute atomic E-state index is 11.5. The Bertz CT molecular complexity index is 713. The lowest BCUT2D eigenvalue weighted by atomic mass is 10.1. The van der Waals surface area contributed by atoms with Gasteiger partial charge in [0.25, 0.3) is 5.91 Å². The Labute approximate surface area is 147 Å². The molecule has 6 heteroatoms. The number of aromatic hydroxyl groups is 1. The Hall–Kier alpha value is -2.73. The fourth-order valence-corrected chi connectivity index (χ4v) is 3.14. The number of benzene rings is 2. The quantitative estimate of drug-likeness (QED) is 0.698. The molecule has 0 bridgehead atoms. The smallest absolute Gasteiger partial charge is 0.250 e. The second-order valence-corrected chi connectivity index (χ2v) is 6.15. The number of phenolic OH excluding ortho intramolecular Hbond substituents is 1. The van der Waals surface area contributed by atoms with Crippen LogP contribution in [-0.2, 0) is 0 Å². The summed E-state index contributed by atoms with van der Waals surface area (Å²) in [4.78, 5) is 16.2. The summed E-state index contributed by atoms with van der Waals surface area (Å²) in [6, 6.07) is 15.2. The number of primary amides is 1. The Morgan fingerprint density at radius 1 is 1.04 bits per heavy atom. The van der Waals surface area contributed by atoms with Crippen molar-refractivity contribution in [2.75, 3.05) is 49.5 Å². The molecule has 25 heavy (non-hydrogen) atoms. The van der Waals surface area contributed by atoms with Gasteiger partial charge in [0.05, 0.1) is 11.3 Å². The lowest BCUT2D eigenvalue weighted by Gasteiger charge is -2.36. The third kappa shape index (κ3) is 4.22. The van der Waals surface area contributed by atoms with Gasteiger partial charge in [-0.15, -0.1) is 0 Å². The maximum Gasteiger partial charge on any atom is 0.250 e. The van der Waals surface area contributed by atoms with Crippen molar-refractivity contribution in [2.24, 2.45) is 5.73 Å². The summed E-state index contributed by atoms with van der Waals surface area (Å²) in [6.07, 6.45) is 0. The van der Waals surface area contributed by atoms with E-state index in [0.717, 1.165) is 32.7 Å². The molecule has 0 saturated carbocycles. The van der Waals surface area contributed by atoms with E-state index in [1.165, 1.54) is 5.69 Å². The second-order valence-electron chi connectivity index (χ2n) is 6.15. The summed E-state index contributed by atoms with van der Waals surface area (Å²) in [5.41, 5.74) is 7.36. The first-order chi connectivity index (χ1) is 12.1. The SMILES string of the molecule is NC(=O)c1cccc(O)c1NCCN1CCN(c2ccccc2)CC1. The molecule has 0 unspecified atom stereocenters. The van der Waals surface area contributed by atoms with Gasteiger partial charge in [-0.1, -0.05) is 24.3 Å². The fourth-order valence-electron chi connectivity index (χ4n) is 3.14. The molecular formula is C19H24N4O2. The maximum atomic E-state index is 11.5. The van der Waals surface area contributed by atoms with Crippen molar-refractivity contribution >= 4 is 17.3 Å². The van der Waals surface area contributed by atoms with Gasteiger partial charge in [0.15, 0.2) is 0 Å². The third-order valence-corrected chi connectivity index (χ3v) is 4.53. The minimum atomic E-state index is -0.546. The van der Waals surface area contributed by atoms with Gasteiger partial charge in [-0.25, -0.2) is 0 Å². The Kier molecular flexibility index (Phi) is 5.40. The highest BCUT2D eigenvalue weighted by molar-refractivity contribution is 5.99. The first kappa shape index (κ1) is 17.1. The number of nitrogens with two attached hydrogens (primary N) is 1. The molecule has 4 N–H and O–H groups in total. The van der Waals surface area contributed by atoms with Crippen LogP contribution in [0, 0.1) is 0 Å². The molecule has 1 aliphatic rings. The van der Waals surface area contributed by atoms with Gasteiger partial charge in [0.1, 0.15) is 5.75 Å². The summed E-state index contributed by atoms with van der Waals surface area (Å²) in [7, 11) is 0. The van der Waals surface area contributed by atoms with E-state index in [1.54, 1.807) is 18.2 Å². The lowest BCUT2D eigenvalue weighted by molar-refractivity contribution is 0.100. The predicted octanol–water partition coefficient (Wildman–Crippen LogP) is 1.73. The molecule has 0 aromatic heterocycles. The zero-order valence-electron chi connectivity index (χ0n) is 14.2. The Balaban J connectivity index is 1.49. The number of phenols is 1. The van der Waals surface area contributed by atoms with Crippen molar-refractivity contribution in [3.63, 3.8) is 0 Å². The van der Waals surface area contributed by atoms with Gasteiger partial charge in [0.2, 0.25) is 0 Å². The highest BCUT2D eigenvalue weighted by Crippen LogP contribution is 2.26. The van der Waals surface area contributed by atoms with E-state index in [2.05, 4.69) is 39.4 Å². The molecule has 2 aromatic rings. The predicted molar refractivity (Wildman–Crippen MR) is 100 cm³/mol. The van der Waals surface area contributed by atoms with Crippen molar-refractivity contribution in [1.29, 1.82) is 0 Å². The number of hydrogen-bond acceptors (Lipinski definition) is 5. The Morgan fingerprint density at radius 3 is 2.44 bits per heavy atom. The van der Waals surface area contributed by atoms with Crippen LogP contribution in [0.15, 0.2) is 48.5 Å². The summed E-state index contributed by atoms with van der Waals surface area (Å²) in [6.45, 7) is 5.44. The topological polar surface area (TPSA) is 81.8 Å². The van der Waals surface area contributed by atoms with Gasteiger partial charge in [0, 0.05) is 45.0 Å². The number of carbonyl (C=O) groups is 1. The number of anilines is 2. The van der Waals surface area contributed by atoms with E-state index in [0.29, 0.717) is 17.8 Å². The van der Waals surface area contributed by atoms with Crippen LogP contribution >= 0.6 is 0 Å². The van der Waals surface area contributed by atoms with Crippen molar-refractivity contribution in [2.45, 2.75) is 0 Å². The van der Waals surface area contributed by atoms with Crippen LogP contribution in [-0.4, -0.2) is 55.2 Å². The van der Waals surface area contributed by atoms with E-state index in [9.17, 15) is 9.90 Å². The Morgan fingerprint density at radius 2 is 1.76 bits per heavy atom. The first-order valence-corrected chi connectivity index (χ1v) is 8.53. The zero-order chi connectivity index (χ0) is 17.6. The number of para-hydroxylation sites is 2. The number of nitrogens with zero attached hydrogens (tertiary/aromatic N) is 2. The third-order valence-electron chi connectivity index (χ3n) is 4.53. The molecule has 1 saturated heterocycles. The van der Waals surface area contributed by atoms with Crippen LogP contribution in [0.3, 0.4) is 0 Å². The van der Waals surface area contributed by atoms with Crippen LogP contribution < -0.4 is 16.0 Å². The molecule has 3 rings (SSSR count). The highest BCUT2D eigenvalue weighted by atomic mass is 16.3. The average molecular weight is 340 g/mol. The summed E-state index contributed by atoms with van der Waals surface area (Å²) in [5, 5.41) is 13.1. The molecule has 2 aromatic carbocycles. The number of rotatable bonds is 6. The molecular weight excluding hydrogens is 316 g/mol. The summed E-state index contributed by atoms with van der Waals surface area (Å²) in [5.74, 6) is -0.500. The lowest BCUT2D eigenvalue weighted by Crippen LogP contribution is -2.47. The molecule has 1 heterocycles. The highest BCUT2D eigenvalue weighted by Gasteiger charge is 2.17. The van der Waals surface area contributed by atoms with E-state index in [-0.39, 0.29) is 5.75 Å². The molecule has 1 aliphatic heterocycles. The van der Waals surface area contributed by atoms with E-state index in [1.807, 2.05) is 6.07 Å².